The van der Waals surface area contributed by atoms with Crippen LogP contribution in [0.1, 0.15) is 45.1 Å². The molecule has 0 saturated heterocycles. The highest BCUT2D eigenvalue weighted by atomic mass is 16.1. The second-order valence-electron chi connectivity index (χ2n) is 6.29. The molecule has 0 amide bonds. The van der Waals surface area contributed by atoms with Gasteiger partial charge >= 0.3 is 0 Å². The number of pyridine rings is 1. The van der Waals surface area contributed by atoms with Gasteiger partial charge in [-0.3, -0.25) is 4.79 Å². The van der Waals surface area contributed by atoms with Gasteiger partial charge in [-0.1, -0.05) is 57.5 Å². The summed E-state index contributed by atoms with van der Waals surface area (Å²) in [6, 6.07) is 14.5. The zero-order chi connectivity index (χ0) is 15.7. The van der Waals surface area contributed by atoms with Crippen LogP contribution < -0.4 is 5.56 Å². The molecule has 0 saturated carbocycles. The van der Waals surface area contributed by atoms with Gasteiger partial charge in [-0.25, -0.2) is 0 Å². The van der Waals surface area contributed by atoms with Gasteiger partial charge in [-0.2, -0.15) is 0 Å². The summed E-state index contributed by atoms with van der Waals surface area (Å²) in [7, 11) is 0. The van der Waals surface area contributed by atoms with Gasteiger partial charge in [0.05, 0.1) is 5.52 Å². The van der Waals surface area contributed by atoms with Crippen LogP contribution in [0, 0.1) is 0 Å². The van der Waals surface area contributed by atoms with Gasteiger partial charge in [-0.05, 0) is 35.4 Å². The molecular weight excluding hydrogens is 270 g/mol. The molecule has 1 aromatic heterocycles. The Morgan fingerprint density at radius 2 is 1.73 bits per heavy atom. The lowest BCUT2D eigenvalue weighted by molar-refractivity contribution is 0.634. The van der Waals surface area contributed by atoms with E-state index in [4.69, 9.17) is 0 Å². The molecule has 2 aromatic carbocycles. The van der Waals surface area contributed by atoms with Crippen molar-refractivity contribution in [3.8, 4) is 0 Å². The van der Waals surface area contributed by atoms with Crippen molar-refractivity contribution in [2.75, 3.05) is 0 Å². The first-order valence-electron chi connectivity index (χ1n) is 8.18. The average Bonchev–Trinajstić information content (AvgIpc) is 2.54. The minimum absolute atomic E-state index is 0.137. The van der Waals surface area contributed by atoms with Gasteiger partial charge in [0.15, 0.2) is 0 Å². The molecule has 0 aliphatic heterocycles. The summed E-state index contributed by atoms with van der Waals surface area (Å²) in [6.45, 7) is 7.33. The van der Waals surface area contributed by atoms with Crippen LogP contribution in [-0.2, 0) is 6.54 Å². The molecule has 0 atom stereocenters. The molecule has 0 N–H and O–H groups in total. The van der Waals surface area contributed by atoms with Gasteiger partial charge in [0.2, 0.25) is 0 Å². The summed E-state index contributed by atoms with van der Waals surface area (Å²) in [6.07, 6.45) is 2.11. The summed E-state index contributed by atoms with van der Waals surface area (Å²) < 4.78 is 1.97. The Balaban J connectivity index is 2.41. The monoisotopic (exact) mass is 293 g/mol. The fourth-order valence-corrected chi connectivity index (χ4v) is 3.06. The normalized spacial score (nSPS) is 11.6. The predicted molar refractivity (Wildman–Crippen MR) is 94.7 cm³/mol. The lowest BCUT2D eigenvalue weighted by Crippen LogP contribution is -2.21. The van der Waals surface area contributed by atoms with Crippen molar-refractivity contribution < 1.29 is 0 Å². The number of unbranched alkanes of at least 4 members (excludes halogenated alkanes) is 1. The quantitative estimate of drug-likeness (QED) is 0.615. The fourth-order valence-electron chi connectivity index (χ4n) is 3.06. The Bertz CT molecular complexity index is 874. The van der Waals surface area contributed by atoms with E-state index in [1.165, 1.54) is 10.9 Å². The van der Waals surface area contributed by atoms with Crippen molar-refractivity contribution in [2.24, 2.45) is 0 Å². The first-order valence-corrected chi connectivity index (χ1v) is 8.18. The third-order valence-corrected chi connectivity index (χ3v) is 4.41. The molecule has 114 valence electrons. The summed E-state index contributed by atoms with van der Waals surface area (Å²) in [4.78, 5) is 12.9. The highest BCUT2D eigenvalue weighted by Gasteiger charge is 2.11. The molecule has 0 spiro atoms. The zero-order valence-electron chi connectivity index (χ0n) is 13.6. The Labute approximate surface area is 131 Å². The number of benzene rings is 2. The number of aryl methyl sites for hydroxylation is 1. The van der Waals surface area contributed by atoms with Crippen molar-refractivity contribution in [1.29, 1.82) is 0 Å². The maximum absolute atomic E-state index is 12.9. The van der Waals surface area contributed by atoms with Gasteiger partial charge in [0, 0.05) is 17.3 Å². The minimum Gasteiger partial charge on any atom is -0.308 e. The largest absolute Gasteiger partial charge is 0.308 e. The van der Waals surface area contributed by atoms with Crippen LogP contribution in [0.15, 0.2) is 47.3 Å². The minimum atomic E-state index is 0.137. The maximum atomic E-state index is 12.9. The summed E-state index contributed by atoms with van der Waals surface area (Å²) in [5.41, 5.74) is 2.49. The summed E-state index contributed by atoms with van der Waals surface area (Å²) in [5, 5.41) is 3.06. The smallest absolute Gasteiger partial charge is 0.258 e. The molecule has 3 rings (SSSR count). The number of aromatic nitrogens is 1. The SMILES string of the molecule is CCCCn1c(=O)c2ccccc2c2ccc(C(C)C)cc21. The number of hydrogen-bond donors (Lipinski definition) is 0. The van der Waals surface area contributed by atoms with Gasteiger partial charge in [-0.15, -0.1) is 0 Å². The van der Waals surface area contributed by atoms with E-state index in [2.05, 4.69) is 45.0 Å². The predicted octanol–water partition coefficient (Wildman–Crippen LogP) is 5.08. The molecule has 0 aliphatic rings. The van der Waals surface area contributed by atoms with Crippen LogP contribution in [-0.4, -0.2) is 4.57 Å². The highest BCUT2D eigenvalue weighted by Crippen LogP contribution is 2.26. The third-order valence-electron chi connectivity index (χ3n) is 4.41. The second kappa shape index (κ2) is 5.96. The van der Waals surface area contributed by atoms with Crippen LogP contribution in [0.3, 0.4) is 0 Å². The van der Waals surface area contributed by atoms with Crippen LogP contribution in [0.5, 0.6) is 0 Å². The second-order valence-corrected chi connectivity index (χ2v) is 6.29. The van der Waals surface area contributed by atoms with E-state index in [1.807, 2.05) is 22.8 Å². The Morgan fingerprint density at radius 1 is 1.00 bits per heavy atom. The van der Waals surface area contributed by atoms with Crippen LogP contribution >= 0.6 is 0 Å². The van der Waals surface area contributed by atoms with Crippen molar-refractivity contribution >= 4 is 21.7 Å². The van der Waals surface area contributed by atoms with E-state index in [1.54, 1.807) is 0 Å². The lowest BCUT2D eigenvalue weighted by Gasteiger charge is -2.15. The van der Waals surface area contributed by atoms with Crippen LogP contribution in [0.2, 0.25) is 0 Å². The molecule has 3 aromatic rings. The Hall–Kier alpha value is -2.09. The maximum Gasteiger partial charge on any atom is 0.258 e. The van der Waals surface area contributed by atoms with E-state index in [-0.39, 0.29) is 5.56 Å². The molecule has 22 heavy (non-hydrogen) atoms. The first kappa shape index (κ1) is 14.8. The topological polar surface area (TPSA) is 22.0 Å². The van der Waals surface area contributed by atoms with Crippen molar-refractivity contribution in [3.63, 3.8) is 0 Å². The molecular formula is C20H23NO. The number of nitrogens with zero attached hydrogens (tertiary/aromatic N) is 1. The van der Waals surface area contributed by atoms with Gasteiger partial charge in [0.25, 0.3) is 5.56 Å². The first-order chi connectivity index (χ1) is 10.6. The summed E-state index contributed by atoms with van der Waals surface area (Å²) in [5.74, 6) is 0.464. The Morgan fingerprint density at radius 3 is 2.41 bits per heavy atom. The molecule has 1 heterocycles. The van der Waals surface area contributed by atoms with Crippen molar-refractivity contribution in [2.45, 2.75) is 46.1 Å². The van der Waals surface area contributed by atoms with Crippen molar-refractivity contribution in [3.05, 3.63) is 58.4 Å². The van der Waals surface area contributed by atoms with Crippen LogP contribution in [0.4, 0.5) is 0 Å². The number of fused-ring (bicyclic) bond motifs is 3. The molecule has 2 nitrogen and oxygen atoms in total. The molecule has 2 heteroatoms. The molecule has 0 unspecified atom stereocenters. The van der Waals surface area contributed by atoms with Gasteiger partial charge in [0.1, 0.15) is 0 Å². The number of hydrogen-bond acceptors (Lipinski definition) is 1. The van der Waals surface area contributed by atoms with E-state index in [9.17, 15) is 4.79 Å². The Kier molecular flexibility index (Phi) is 4.02. The average molecular weight is 293 g/mol. The lowest BCUT2D eigenvalue weighted by atomic mass is 9.98. The van der Waals surface area contributed by atoms with E-state index in [0.29, 0.717) is 5.92 Å². The molecule has 0 aliphatic carbocycles. The number of rotatable bonds is 4. The van der Waals surface area contributed by atoms with E-state index in [0.717, 1.165) is 35.7 Å². The molecule has 0 fully saturated rings. The standard InChI is InChI=1S/C20H23NO/c1-4-5-12-21-19-13-15(14(2)3)10-11-17(19)16-8-6-7-9-18(16)20(21)22/h6-11,13-14H,4-5,12H2,1-3H3. The molecule has 0 radical (unpaired) electrons. The highest BCUT2D eigenvalue weighted by molar-refractivity contribution is 6.05. The molecule has 0 bridgehead atoms. The summed E-state index contributed by atoms with van der Waals surface area (Å²) >= 11 is 0. The van der Waals surface area contributed by atoms with E-state index >= 15 is 0 Å². The van der Waals surface area contributed by atoms with E-state index < -0.39 is 0 Å². The van der Waals surface area contributed by atoms with Crippen molar-refractivity contribution in [1.82, 2.24) is 4.57 Å². The third kappa shape index (κ3) is 2.43. The fraction of sp³-hybridized carbons (Fsp3) is 0.350. The van der Waals surface area contributed by atoms with Gasteiger partial charge < -0.3 is 4.57 Å². The van der Waals surface area contributed by atoms with Crippen LogP contribution in [0.25, 0.3) is 21.7 Å². The zero-order valence-corrected chi connectivity index (χ0v) is 13.6.